The molecule has 42 heavy (non-hydrogen) atoms. The number of alkyl halides is 22. The quantitative estimate of drug-likeness (QED) is 0.150. The van der Waals surface area contributed by atoms with Crippen molar-refractivity contribution in [3.63, 3.8) is 0 Å². The first-order valence-electron chi connectivity index (χ1n) is 8.52. The number of hydrogen-bond donors (Lipinski definition) is 2. The molecule has 0 aliphatic heterocycles. The molecule has 29 heteroatoms. The molecular formula is C13H2F23NO4S. The molecule has 0 unspecified atom stereocenters. The SMILES string of the molecule is O=C(O)C(=C(F)NS(=O)(=O)C(F)(F)C(F)(F)C(F)(F)C(F)(F)C(F)(F)C(F)(F)C(F)(F)C(F)(F)F)C(F)(F)C(F)(F)F. The lowest BCUT2D eigenvalue weighted by molar-refractivity contribution is -0.458. The molecule has 0 heterocycles. The Balaban J connectivity index is 7.27. The predicted molar refractivity (Wildman–Crippen MR) is 79.5 cm³/mol. The third kappa shape index (κ3) is 5.21. The topological polar surface area (TPSA) is 83.5 Å². The Morgan fingerprint density at radius 3 is 1.05 bits per heavy atom. The van der Waals surface area contributed by atoms with Gasteiger partial charge in [-0.05, 0) is 0 Å². The summed E-state index contributed by atoms with van der Waals surface area (Å²) in [6, 6.07) is 0. The molecule has 0 saturated carbocycles. The van der Waals surface area contributed by atoms with Gasteiger partial charge in [0.05, 0.1) is 0 Å². The Bertz CT molecular complexity index is 1190. The van der Waals surface area contributed by atoms with Crippen LogP contribution in [-0.4, -0.2) is 78.6 Å². The van der Waals surface area contributed by atoms with Gasteiger partial charge in [0.2, 0.25) is 5.95 Å². The van der Waals surface area contributed by atoms with Gasteiger partial charge in [0.15, 0.2) is 5.57 Å². The largest absolute Gasteiger partial charge is 0.478 e. The lowest BCUT2D eigenvalue weighted by atomic mass is 9.91. The van der Waals surface area contributed by atoms with E-state index in [-0.39, 0.29) is 0 Å². The highest BCUT2D eigenvalue weighted by Crippen LogP contribution is 2.64. The molecule has 0 radical (unpaired) electrons. The van der Waals surface area contributed by atoms with Gasteiger partial charge >= 0.3 is 75.1 Å². The van der Waals surface area contributed by atoms with Crippen molar-refractivity contribution in [3.8, 4) is 0 Å². The third-order valence-electron chi connectivity index (χ3n) is 4.36. The van der Waals surface area contributed by atoms with Gasteiger partial charge in [0.1, 0.15) is 0 Å². The summed E-state index contributed by atoms with van der Waals surface area (Å²) in [4.78, 5) is 10.5. The first-order valence-corrected chi connectivity index (χ1v) is 10.00. The minimum absolute atomic E-state index is 1.29. The van der Waals surface area contributed by atoms with E-state index in [1.807, 2.05) is 0 Å². The van der Waals surface area contributed by atoms with E-state index >= 15 is 0 Å². The lowest BCUT2D eigenvalue weighted by Gasteiger charge is -2.42. The van der Waals surface area contributed by atoms with E-state index in [0.717, 1.165) is 0 Å². The fourth-order valence-electron chi connectivity index (χ4n) is 2.06. The van der Waals surface area contributed by atoms with Crippen molar-refractivity contribution in [2.45, 2.75) is 59.1 Å². The van der Waals surface area contributed by atoms with Crippen LogP contribution < -0.4 is 4.72 Å². The van der Waals surface area contributed by atoms with Crippen LogP contribution in [0.3, 0.4) is 0 Å². The van der Waals surface area contributed by atoms with E-state index < -0.39 is 91.3 Å². The molecular weight excluding hydrogens is 703 g/mol. The fourth-order valence-corrected chi connectivity index (χ4v) is 2.99. The van der Waals surface area contributed by atoms with Crippen molar-refractivity contribution in [3.05, 3.63) is 11.5 Å². The molecule has 5 nitrogen and oxygen atoms in total. The minimum Gasteiger partial charge on any atom is -0.478 e. The van der Waals surface area contributed by atoms with Gasteiger partial charge in [0.25, 0.3) is 0 Å². The molecule has 0 fully saturated rings. The molecule has 2 N–H and O–H groups in total. The number of hydrogen-bond acceptors (Lipinski definition) is 3. The first kappa shape index (κ1) is 39.4. The Hall–Kier alpha value is -2.65. The molecule has 0 spiro atoms. The van der Waals surface area contributed by atoms with Crippen LogP contribution in [-0.2, 0) is 14.8 Å². The second-order valence-corrected chi connectivity index (χ2v) is 8.86. The van der Waals surface area contributed by atoms with Crippen molar-refractivity contribution in [1.82, 2.24) is 4.72 Å². The van der Waals surface area contributed by atoms with Crippen molar-refractivity contribution in [2.75, 3.05) is 0 Å². The number of sulfonamides is 1. The first-order chi connectivity index (χ1) is 17.7. The molecule has 0 bridgehead atoms. The standard InChI is InChI=1S/C13H2F23NO4S/c14-2(1(3(38)39)4(15,16)11(29,30)31)37-42(40,41)13(35,36)10(27,28)8(23,24)6(19,20)5(17,18)7(21,22)9(25,26)12(32,33)34/h37H,(H,38,39). The number of nitrogens with one attached hydrogen (secondary N) is 1. The van der Waals surface area contributed by atoms with Crippen LogP contribution in [0.4, 0.5) is 101 Å². The lowest BCUT2D eigenvalue weighted by Crippen LogP contribution is -2.75. The average Bonchev–Trinajstić information content (AvgIpc) is 2.69. The zero-order valence-electron chi connectivity index (χ0n) is 17.8. The smallest absolute Gasteiger partial charge is 0.460 e. The molecule has 0 aromatic heterocycles. The van der Waals surface area contributed by atoms with Gasteiger partial charge in [0, 0.05) is 0 Å². The van der Waals surface area contributed by atoms with Crippen molar-refractivity contribution in [2.24, 2.45) is 0 Å². The van der Waals surface area contributed by atoms with E-state index in [1.54, 1.807) is 0 Å². The normalized spacial score (nSPS) is 16.7. The van der Waals surface area contributed by atoms with Gasteiger partial charge in [-0.1, -0.05) is 0 Å². The van der Waals surface area contributed by atoms with Crippen LogP contribution in [0.5, 0.6) is 0 Å². The number of carboxylic acid groups (broad SMARTS) is 1. The second-order valence-electron chi connectivity index (χ2n) is 7.13. The van der Waals surface area contributed by atoms with Gasteiger partial charge in [-0.2, -0.15) is 109 Å². The van der Waals surface area contributed by atoms with Gasteiger partial charge in [-0.15, -0.1) is 0 Å². The maximum Gasteiger partial charge on any atom is 0.460 e. The second kappa shape index (κ2) is 9.94. The van der Waals surface area contributed by atoms with E-state index in [9.17, 15) is 114 Å². The summed E-state index contributed by atoms with van der Waals surface area (Å²) in [5.74, 6) is -70.3. The Morgan fingerprint density at radius 1 is 0.500 bits per heavy atom. The van der Waals surface area contributed by atoms with E-state index in [1.165, 1.54) is 0 Å². The number of rotatable bonds is 11. The summed E-state index contributed by atoms with van der Waals surface area (Å²) >= 11 is 0. The summed E-state index contributed by atoms with van der Waals surface area (Å²) in [6.45, 7) is 0. The third-order valence-corrected chi connectivity index (χ3v) is 5.74. The van der Waals surface area contributed by atoms with E-state index in [2.05, 4.69) is 0 Å². The average molecular weight is 705 g/mol. The highest BCUT2D eigenvalue weighted by molar-refractivity contribution is 7.90. The maximum atomic E-state index is 13.7. The number of halogens is 23. The minimum atomic E-state index is -9.33. The van der Waals surface area contributed by atoms with Crippen molar-refractivity contribution in [1.29, 1.82) is 0 Å². The van der Waals surface area contributed by atoms with Crippen molar-refractivity contribution < 1.29 is 119 Å². The van der Waals surface area contributed by atoms with Gasteiger partial charge in [-0.25, -0.2) is 4.79 Å². The van der Waals surface area contributed by atoms with Crippen LogP contribution in [0, 0.1) is 0 Å². The molecule has 250 valence electrons. The Labute approximate surface area is 212 Å². The molecule has 0 aliphatic rings. The summed E-state index contributed by atoms with van der Waals surface area (Å²) in [5.41, 5.74) is -4.37. The van der Waals surface area contributed by atoms with Crippen LogP contribution >= 0.6 is 0 Å². The molecule has 0 saturated heterocycles. The van der Waals surface area contributed by atoms with E-state index in [0.29, 0.717) is 0 Å². The zero-order chi connectivity index (χ0) is 34.9. The van der Waals surface area contributed by atoms with E-state index in [4.69, 9.17) is 5.11 Å². The molecule has 0 atom stereocenters. The van der Waals surface area contributed by atoms with Crippen LogP contribution in [0.25, 0.3) is 0 Å². The fraction of sp³-hybridized carbons (Fsp3) is 0.769. The van der Waals surface area contributed by atoms with Crippen molar-refractivity contribution >= 4 is 16.0 Å². The molecule has 0 aromatic carbocycles. The summed E-state index contributed by atoms with van der Waals surface area (Å²) < 4.78 is 321. The highest BCUT2D eigenvalue weighted by Gasteiger charge is 2.96. The molecule has 0 amide bonds. The van der Waals surface area contributed by atoms with Crippen LogP contribution in [0.1, 0.15) is 0 Å². The molecule has 0 rings (SSSR count). The highest BCUT2D eigenvalue weighted by atomic mass is 32.2. The number of carbonyl (C=O) groups is 1. The predicted octanol–water partition coefficient (Wildman–Crippen LogP) is 6.34. The summed E-state index contributed by atoms with van der Waals surface area (Å²) in [7, 11) is -8.78. The summed E-state index contributed by atoms with van der Waals surface area (Å²) in [5, 5.41) is -0.420. The number of carboxylic acids is 1. The number of aliphatic carboxylic acids is 1. The maximum absolute atomic E-state index is 13.7. The monoisotopic (exact) mass is 705 g/mol. The van der Waals surface area contributed by atoms with Crippen LogP contribution in [0.15, 0.2) is 11.5 Å². The summed E-state index contributed by atoms with van der Waals surface area (Å²) in [6.07, 6.45) is -15.4. The van der Waals surface area contributed by atoms with Gasteiger partial charge < -0.3 is 5.11 Å². The Morgan fingerprint density at radius 2 is 0.786 bits per heavy atom. The Kier molecular flexibility index (Phi) is 9.32. The van der Waals surface area contributed by atoms with Crippen LogP contribution in [0.2, 0.25) is 0 Å². The zero-order valence-corrected chi connectivity index (χ0v) is 18.6. The van der Waals surface area contributed by atoms with Gasteiger partial charge in [-0.3, -0.25) is 4.72 Å². The molecule has 0 aromatic rings. The molecule has 0 aliphatic carbocycles.